The lowest BCUT2D eigenvalue weighted by molar-refractivity contribution is -0.119. The molecule has 3 rings (SSSR count). The third-order valence-electron chi connectivity index (χ3n) is 5.04. The summed E-state index contributed by atoms with van der Waals surface area (Å²) in [7, 11) is 1.92. The van der Waals surface area contributed by atoms with Crippen LogP contribution in [-0.2, 0) is 24.7 Å². The number of imide groups is 1. The Balaban J connectivity index is 1.70. The van der Waals surface area contributed by atoms with E-state index in [4.69, 9.17) is 0 Å². The molecule has 2 aromatic heterocycles. The normalized spacial score (nSPS) is 17.1. The Morgan fingerprint density at radius 3 is 2.89 bits per heavy atom. The van der Waals surface area contributed by atoms with Gasteiger partial charge in [-0.2, -0.15) is 0 Å². The predicted molar refractivity (Wildman–Crippen MR) is 113 cm³/mol. The van der Waals surface area contributed by atoms with Gasteiger partial charge in [0, 0.05) is 18.5 Å². The van der Waals surface area contributed by atoms with Crippen molar-refractivity contribution < 1.29 is 9.59 Å². The molecule has 3 amide bonds. The average Bonchev–Trinajstić information content (AvgIpc) is 3.24. The molecular formula is C19H27N5O2S2. The summed E-state index contributed by atoms with van der Waals surface area (Å²) in [4.78, 5) is 26.3. The monoisotopic (exact) mass is 421 g/mol. The third-order valence-corrected chi connectivity index (χ3v) is 7.41. The summed E-state index contributed by atoms with van der Waals surface area (Å²) in [6.45, 7) is 6.28. The van der Waals surface area contributed by atoms with Crippen LogP contribution >= 0.6 is 23.1 Å². The molecule has 28 heavy (non-hydrogen) atoms. The number of thiophene rings is 1. The van der Waals surface area contributed by atoms with Crippen molar-refractivity contribution in [2.75, 3.05) is 6.54 Å². The van der Waals surface area contributed by atoms with Crippen LogP contribution in [0.5, 0.6) is 0 Å². The summed E-state index contributed by atoms with van der Waals surface area (Å²) in [5.41, 5.74) is 1.45. The number of aromatic nitrogens is 3. The van der Waals surface area contributed by atoms with Crippen molar-refractivity contribution in [2.45, 2.75) is 56.9 Å². The second-order valence-corrected chi connectivity index (χ2v) is 9.49. The van der Waals surface area contributed by atoms with Gasteiger partial charge in [-0.05, 0) is 50.7 Å². The van der Waals surface area contributed by atoms with E-state index in [-0.39, 0.29) is 5.91 Å². The molecule has 2 atom stereocenters. The minimum atomic E-state index is -0.479. The number of nitrogens with one attached hydrogen (secondary N) is 2. The van der Waals surface area contributed by atoms with Crippen LogP contribution in [0.1, 0.15) is 44.1 Å². The maximum Gasteiger partial charge on any atom is 0.321 e. The van der Waals surface area contributed by atoms with Gasteiger partial charge in [-0.25, -0.2) is 4.79 Å². The van der Waals surface area contributed by atoms with Crippen LogP contribution in [0.15, 0.2) is 11.2 Å². The van der Waals surface area contributed by atoms with E-state index in [2.05, 4.69) is 33.8 Å². The zero-order chi connectivity index (χ0) is 20.3. The maximum absolute atomic E-state index is 12.2. The molecule has 0 aliphatic heterocycles. The molecule has 0 fully saturated rings. The largest absolute Gasteiger partial charge is 0.338 e. The van der Waals surface area contributed by atoms with Gasteiger partial charge in [0.2, 0.25) is 5.91 Å². The Hall–Kier alpha value is -1.87. The quantitative estimate of drug-likeness (QED) is 0.698. The van der Waals surface area contributed by atoms with E-state index in [9.17, 15) is 9.59 Å². The van der Waals surface area contributed by atoms with Crippen molar-refractivity contribution in [1.82, 2.24) is 25.4 Å². The molecule has 152 valence electrons. The van der Waals surface area contributed by atoms with Gasteiger partial charge in [0.1, 0.15) is 0 Å². The van der Waals surface area contributed by atoms with Gasteiger partial charge in [0.25, 0.3) is 0 Å². The van der Waals surface area contributed by atoms with E-state index in [1.54, 1.807) is 25.2 Å². The van der Waals surface area contributed by atoms with E-state index in [0.717, 1.165) is 29.5 Å². The molecule has 2 aromatic rings. The first-order chi connectivity index (χ1) is 13.4. The van der Waals surface area contributed by atoms with E-state index in [1.807, 2.05) is 11.6 Å². The molecule has 0 bridgehead atoms. The number of hydrogen-bond acceptors (Lipinski definition) is 6. The molecule has 2 heterocycles. The fourth-order valence-electron chi connectivity index (χ4n) is 3.32. The topological polar surface area (TPSA) is 88.9 Å². The lowest BCUT2D eigenvalue weighted by Gasteiger charge is -2.19. The van der Waals surface area contributed by atoms with Crippen LogP contribution in [0.2, 0.25) is 0 Å². The lowest BCUT2D eigenvalue weighted by Crippen LogP contribution is -2.42. The Labute approximate surface area is 173 Å². The first kappa shape index (κ1) is 20.9. The van der Waals surface area contributed by atoms with Crippen molar-refractivity contribution in [3.63, 3.8) is 0 Å². The lowest BCUT2D eigenvalue weighted by atomic mass is 9.87. The highest BCUT2D eigenvalue weighted by atomic mass is 32.2. The van der Waals surface area contributed by atoms with Gasteiger partial charge in [-0.1, -0.05) is 25.1 Å². The first-order valence-corrected chi connectivity index (χ1v) is 11.4. The predicted octanol–water partition coefficient (Wildman–Crippen LogP) is 3.38. The van der Waals surface area contributed by atoms with Crippen molar-refractivity contribution >= 4 is 35.0 Å². The summed E-state index contributed by atoms with van der Waals surface area (Å²) in [5.74, 6) is 1.26. The number of hydrogen-bond donors (Lipinski definition) is 2. The van der Waals surface area contributed by atoms with Gasteiger partial charge >= 0.3 is 6.03 Å². The standard InChI is InChI=1S/C19H27N5O2S2/c1-5-12-7-8-14-13(9-12)10-15(28-14)16-22-23-19(24(16)4)27-11(3)17(25)21-18(26)20-6-2/h10-12H,5-9H2,1-4H3,(H2,20,21,25,26). The molecule has 0 saturated carbocycles. The highest BCUT2D eigenvalue weighted by Crippen LogP contribution is 2.38. The van der Waals surface area contributed by atoms with E-state index >= 15 is 0 Å². The third kappa shape index (κ3) is 4.57. The van der Waals surface area contributed by atoms with E-state index < -0.39 is 11.3 Å². The molecule has 2 N–H and O–H groups in total. The van der Waals surface area contributed by atoms with Crippen LogP contribution in [-0.4, -0.2) is 38.5 Å². The van der Waals surface area contributed by atoms with Gasteiger partial charge in [-0.3, -0.25) is 10.1 Å². The van der Waals surface area contributed by atoms with Crippen LogP contribution < -0.4 is 10.6 Å². The number of carbonyl (C=O) groups excluding carboxylic acids is 2. The van der Waals surface area contributed by atoms with Gasteiger partial charge in [0.15, 0.2) is 11.0 Å². The molecule has 2 unspecified atom stereocenters. The Morgan fingerprint density at radius 1 is 1.39 bits per heavy atom. The zero-order valence-electron chi connectivity index (χ0n) is 16.7. The molecular weight excluding hydrogens is 394 g/mol. The number of urea groups is 1. The Morgan fingerprint density at radius 2 is 2.18 bits per heavy atom. The molecule has 0 saturated heterocycles. The summed E-state index contributed by atoms with van der Waals surface area (Å²) in [6, 6.07) is 1.78. The fourth-order valence-corrected chi connectivity index (χ4v) is 5.36. The minimum Gasteiger partial charge on any atom is -0.338 e. The van der Waals surface area contributed by atoms with Crippen LogP contribution in [0.3, 0.4) is 0 Å². The summed E-state index contributed by atoms with van der Waals surface area (Å²) < 4.78 is 1.93. The van der Waals surface area contributed by atoms with Crippen molar-refractivity contribution in [1.29, 1.82) is 0 Å². The summed E-state index contributed by atoms with van der Waals surface area (Å²) >= 11 is 3.10. The number of fused-ring (bicyclic) bond motifs is 1. The van der Waals surface area contributed by atoms with Crippen LogP contribution in [0.25, 0.3) is 10.7 Å². The smallest absolute Gasteiger partial charge is 0.321 e. The number of rotatable bonds is 6. The minimum absolute atomic E-state index is 0.349. The summed E-state index contributed by atoms with van der Waals surface area (Å²) in [6.07, 6.45) is 4.79. The Kier molecular flexibility index (Phi) is 6.77. The fraction of sp³-hybridized carbons (Fsp3) is 0.579. The Bertz CT molecular complexity index is 861. The zero-order valence-corrected chi connectivity index (χ0v) is 18.4. The molecule has 7 nitrogen and oxygen atoms in total. The number of nitrogens with zero attached hydrogens (tertiary/aromatic N) is 3. The van der Waals surface area contributed by atoms with Gasteiger partial charge < -0.3 is 9.88 Å². The molecule has 0 radical (unpaired) electrons. The van der Waals surface area contributed by atoms with Gasteiger partial charge in [0.05, 0.1) is 10.1 Å². The van der Waals surface area contributed by atoms with Crippen molar-refractivity contribution in [3.05, 3.63) is 16.5 Å². The summed E-state index contributed by atoms with van der Waals surface area (Å²) in [5, 5.41) is 13.7. The van der Waals surface area contributed by atoms with Gasteiger partial charge in [-0.15, -0.1) is 21.5 Å². The average molecular weight is 422 g/mol. The van der Waals surface area contributed by atoms with E-state index in [0.29, 0.717) is 11.7 Å². The van der Waals surface area contributed by atoms with Crippen molar-refractivity contribution in [3.8, 4) is 10.7 Å². The highest BCUT2D eigenvalue weighted by Gasteiger charge is 2.24. The molecule has 0 spiro atoms. The molecule has 0 aromatic carbocycles. The van der Waals surface area contributed by atoms with Crippen molar-refractivity contribution in [2.24, 2.45) is 13.0 Å². The molecule has 1 aliphatic carbocycles. The number of thioether (sulfide) groups is 1. The van der Waals surface area contributed by atoms with Crippen LogP contribution in [0, 0.1) is 5.92 Å². The van der Waals surface area contributed by atoms with Crippen LogP contribution in [0.4, 0.5) is 4.79 Å². The second kappa shape index (κ2) is 9.09. The maximum atomic E-state index is 12.2. The first-order valence-electron chi connectivity index (χ1n) is 9.69. The SMILES string of the molecule is CCNC(=O)NC(=O)C(C)Sc1nnc(-c2cc3c(s2)CCC(CC)C3)n1C. The number of amides is 3. The molecule has 9 heteroatoms. The highest BCUT2D eigenvalue weighted by molar-refractivity contribution is 8.00. The number of aryl methyl sites for hydroxylation is 1. The van der Waals surface area contributed by atoms with E-state index in [1.165, 1.54) is 35.0 Å². The molecule has 1 aliphatic rings. The number of carbonyl (C=O) groups is 2. The second-order valence-electron chi connectivity index (χ2n) is 7.05.